The molecule has 1 fully saturated rings. The van der Waals surface area contributed by atoms with Gasteiger partial charge in [-0.05, 0) is 60.2 Å². The summed E-state index contributed by atoms with van der Waals surface area (Å²) < 4.78 is 32.7. The van der Waals surface area contributed by atoms with Crippen molar-refractivity contribution in [3.05, 3.63) is 95.0 Å². The van der Waals surface area contributed by atoms with Gasteiger partial charge in [-0.25, -0.2) is 13.8 Å². The second kappa shape index (κ2) is 11.9. The minimum atomic E-state index is -2.72. The number of rotatable bonds is 7. The highest BCUT2D eigenvalue weighted by Crippen LogP contribution is 2.33. The van der Waals surface area contributed by atoms with Crippen molar-refractivity contribution in [3.8, 4) is 22.6 Å². The predicted octanol–water partition coefficient (Wildman–Crippen LogP) is 5.84. The Morgan fingerprint density at radius 1 is 1.05 bits per heavy atom. The molecular formula is C30H26ClF2N5O3. The molecule has 210 valence electrons. The lowest BCUT2D eigenvalue weighted by molar-refractivity contribution is -0.116. The van der Waals surface area contributed by atoms with E-state index in [1.54, 1.807) is 60.8 Å². The van der Waals surface area contributed by atoms with Crippen LogP contribution in [-0.4, -0.2) is 45.7 Å². The van der Waals surface area contributed by atoms with E-state index >= 15 is 0 Å². The first-order chi connectivity index (χ1) is 19.7. The number of nitrogens with two attached hydrogens (primary N) is 1. The molecule has 1 saturated heterocycles. The summed E-state index contributed by atoms with van der Waals surface area (Å²) in [5, 5.41) is 3.20. The zero-order valence-corrected chi connectivity index (χ0v) is 22.6. The first kappa shape index (κ1) is 28.0. The number of aromatic nitrogens is 2. The zero-order valence-electron chi connectivity index (χ0n) is 21.8. The highest BCUT2D eigenvalue weighted by Gasteiger charge is 2.35. The highest BCUT2D eigenvalue weighted by atomic mass is 35.5. The Morgan fingerprint density at radius 2 is 1.85 bits per heavy atom. The molecule has 1 aromatic carbocycles. The molecule has 0 saturated carbocycles. The summed E-state index contributed by atoms with van der Waals surface area (Å²) in [7, 11) is 0. The molecule has 0 bridgehead atoms. The molecular weight excluding hydrogens is 552 g/mol. The number of nitrogens with one attached hydrogen (secondary N) is 1. The van der Waals surface area contributed by atoms with E-state index in [2.05, 4.69) is 15.3 Å². The Hall–Kier alpha value is -4.57. The van der Waals surface area contributed by atoms with Crippen LogP contribution in [0.25, 0.3) is 28.7 Å². The van der Waals surface area contributed by atoms with Crippen LogP contribution in [0.3, 0.4) is 0 Å². The smallest absolute Gasteiger partial charge is 0.255 e. The Kier molecular flexibility index (Phi) is 8.11. The largest absolute Gasteiger partial charge is 0.459 e. The molecule has 41 heavy (non-hydrogen) atoms. The van der Waals surface area contributed by atoms with Gasteiger partial charge in [-0.3, -0.25) is 14.6 Å². The van der Waals surface area contributed by atoms with Gasteiger partial charge in [-0.1, -0.05) is 17.7 Å². The van der Waals surface area contributed by atoms with Gasteiger partial charge in [-0.15, -0.1) is 0 Å². The average molecular weight is 578 g/mol. The van der Waals surface area contributed by atoms with E-state index in [-0.39, 0.29) is 44.3 Å². The number of hydrogen-bond acceptors (Lipinski definition) is 6. The average Bonchev–Trinajstić information content (AvgIpc) is 3.44. The van der Waals surface area contributed by atoms with Crippen molar-refractivity contribution in [1.82, 2.24) is 20.2 Å². The summed E-state index contributed by atoms with van der Waals surface area (Å²) in [6.45, 7) is 0.226. The number of furan rings is 1. The number of amides is 2. The third-order valence-electron chi connectivity index (χ3n) is 6.66. The molecule has 1 aliphatic rings. The second-order valence-electron chi connectivity index (χ2n) is 9.61. The van der Waals surface area contributed by atoms with Crippen LogP contribution in [0.2, 0.25) is 5.02 Å². The van der Waals surface area contributed by atoms with Gasteiger partial charge in [0.25, 0.3) is 11.8 Å². The summed E-state index contributed by atoms with van der Waals surface area (Å²) in [5.74, 6) is -1.83. The van der Waals surface area contributed by atoms with Crippen molar-refractivity contribution < 1.29 is 22.8 Å². The Bertz CT molecular complexity index is 1580. The van der Waals surface area contributed by atoms with Gasteiger partial charge in [0.15, 0.2) is 0 Å². The molecule has 3 N–H and O–H groups in total. The zero-order chi connectivity index (χ0) is 29.0. The van der Waals surface area contributed by atoms with Gasteiger partial charge >= 0.3 is 0 Å². The molecule has 8 nitrogen and oxygen atoms in total. The summed E-state index contributed by atoms with van der Waals surface area (Å²) in [6, 6.07) is 15.7. The van der Waals surface area contributed by atoms with E-state index in [1.807, 2.05) is 6.07 Å². The molecule has 0 unspecified atom stereocenters. The topological polar surface area (TPSA) is 114 Å². The van der Waals surface area contributed by atoms with Gasteiger partial charge in [-0.2, -0.15) is 0 Å². The number of pyridine rings is 2. The van der Waals surface area contributed by atoms with Crippen LogP contribution in [-0.2, 0) is 11.3 Å². The van der Waals surface area contributed by atoms with E-state index in [4.69, 9.17) is 21.8 Å². The SMILES string of the molecule is Nc1ccc(/C=C/C(=O)NCc2ccc(-c3ccc(-c4ccc(C(=O)N5CCC(F)(F)CC5)cn4)cc3Cl)o2)cn1. The quantitative estimate of drug-likeness (QED) is 0.267. The molecule has 11 heteroatoms. The molecule has 2 amide bonds. The third-order valence-corrected chi connectivity index (χ3v) is 6.97. The normalized spacial score (nSPS) is 14.8. The molecule has 0 aliphatic carbocycles. The van der Waals surface area contributed by atoms with Gasteiger partial charge in [0.1, 0.15) is 17.3 Å². The van der Waals surface area contributed by atoms with Gasteiger partial charge in [0, 0.05) is 55.5 Å². The summed E-state index contributed by atoms with van der Waals surface area (Å²) in [6.07, 6.45) is 5.39. The lowest BCUT2D eigenvalue weighted by atomic mass is 10.0. The Labute approximate surface area is 239 Å². The molecule has 1 aliphatic heterocycles. The van der Waals surface area contributed by atoms with Crippen LogP contribution in [0, 0.1) is 0 Å². The second-order valence-corrected chi connectivity index (χ2v) is 10.0. The number of alkyl halides is 2. The van der Waals surface area contributed by atoms with Crippen LogP contribution < -0.4 is 11.1 Å². The summed E-state index contributed by atoms with van der Waals surface area (Å²) in [5.41, 5.74) is 8.65. The van der Waals surface area contributed by atoms with E-state index < -0.39 is 5.92 Å². The number of likely N-dealkylation sites (tertiary alicyclic amines) is 1. The lowest BCUT2D eigenvalue weighted by Gasteiger charge is -2.31. The van der Waals surface area contributed by atoms with E-state index in [0.717, 1.165) is 11.1 Å². The van der Waals surface area contributed by atoms with Crippen LogP contribution in [0.1, 0.15) is 34.5 Å². The van der Waals surface area contributed by atoms with Crippen molar-refractivity contribution >= 4 is 35.3 Å². The maximum absolute atomic E-state index is 13.4. The fourth-order valence-electron chi connectivity index (χ4n) is 4.32. The molecule has 0 radical (unpaired) electrons. The Morgan fingerprint density at radius 3 is 2.54 bits per heavy atom. The van der Waals surface area contributed by atoms with Crippen LogP contribution in [0.15, 0.2) is 77.5 Å². The number of carbonyl (C=O) groups excluding carboxylic acids is 2. The predicted molar refractivity (Wildman–Crippen MR) is 152 cm³/mol. The maximum atomic E-state index is 13.4. The number of hydrogen-bond donors (Lipinski definition) is 2. The van der Waals surface area contributed by atoms with Crippen LogP contribution >= 0.6 is 11.6 Å². The van der Waals surface area contributed by atoms with E-state index in [9.17, 15) is 18.4 Å². The summed E-state index contributed by atoms with van der Waals surface area (Å²) in [4.78, 5) is 34.6. The summed E-state index contributed by atoms with van der Waals surface area (Å²) >= 11 is 6.56. The molecule has 5 rings (SSSR count). The van der Waals surface area contributed by atoms with Gasteiger partial charge in [0.05, 0.1) is 22.8 Å². The number of nitrogen functional groups attached to an aromatic ring is 1. The van der Waals surface area contributed by atoms with Gasteiger partial charge < -0.3 is 20.4 Å². The van der Waals surface area contributed by atoms with E-state index in [0.29, 0.717) is 39.2 Å². The number of benzene rings is 1. The highest BCUT2D eigenvalue weighted by molar-refractivity contribution is 6.33. The fraction of sp³-hybridized carbons (Fsp3) is 0.200. The van der Waals surface area contributed by atoms with E-state index in [1.165, 1.54) is 17.2 Å². The van der Waals surface area contributed by atoms with Crippen LogP contribution in [0.5, 0.6) is 0 Å². The van der Waals surface area contributed by atoms with Crippen molar-refractivity contribution in [2.75, 3.05) is 18.8 Å². The molecule has 0 spiro atoms. The minimum Gasteiger partial charge on any atom is -0.459 e. The monoisotopic (exact) mass is 577 g/mol. The van der Waals surface area contributed by atoms with Crippen LogP contribution in [0.4, 0.5) is 14.6 Å². The van der Waals surface area contributed by atoms with Crippen molar-refractivity contribution in [1.29, 1.82) is 0 Å². The standard InChI is InChI=1S/C30H26ClF2N5O3/c31-24-15-20(25-7-4-21(17-35-25)29(40)38-13-11-30(32,33)12-14-38)3-6-23(24)26-8-5-22(41-26)18-37-28(39)10-2-19-1-9-27(34)36-16-19/h1-10,15-17H,11-14,18H2,(H2,34,36)(H,37,39)/b10-2+. The molecule has 0 atom stereocenters. The van der Waals surface area contributed by atoms with Crippen molar-refractivity contribution in [2.45, 2.75) is 25.3 Å². The fourth-order valence-corrected chi connectivity index (χ4v) is 4.60. The molecule has 4 aromatic rings. The number of piperidine rings is 1. The number of anilines is 1. The molecule has 4 heterocycles. The first-order valence-corrected chi connectivity index (χ1v) is 13.2. The number of halogens is 3. The minimum absolute atomic E-state index is 0.0189. The van der Waals surface area contributed by atoms with Gasteiger partial charge in [0.2, 0.25) is 5.91 Å². The third kappa shape index (κ3) is 6.96. The Balaban J connectivity index is 1.19. The molecule has 3 aromatic heterocycles. The number of carbonyl (C=O) groups is 2. The van der Waals surface area contributed by atoms with Crippen molar-refractivity contribution in [2.24, 2.45) is 0 Å². The first-order valence-electron chi connectivity index (χ1n) is 12.9. The lowest BCUT2D eigenvalue weighted by Crippen LogP contribution is -2.42. The number of nitrogens with zero attached hydrogens (tertiary/aromatic N) is 3. The van der Waals surface area contributed by atoms with Crippen molar-refractivity contribution in [3.63, 3.8) is 0 Å². The maximum Gasteiger partial charge on any atom is 0.255 e.